The molecule has 0 bridgehead atoms. The Kier molecular flexibility index (Phi) is 6.17. The molecule has 2 aromatic rings. The predicted octanol–water partition coefficient (Wildman–Crippen LogP) is 3.19. The van der Waals surface area contributed by atoms with Gasteiger partial charge in [-0.15, -0.1) is 0 Å². The lowest BCUT2D eigenvalue weighted by atomic mass is 10.3. The maximum absolute atomic E-state index is 13.0. The summed E-state index contributed by atoms with van der Waals surface area (Å²) in [6, 6.07) is 9.85. The lowest BCUT2D eigenvalue weighted by Gasteiger charge is -2.09. The van der Waals surface area contributed by atoms with Crippen LogP contribution in [0.4, 0.5) is 8.78 Å². The molecule has 0 spiro atoms. The van der Waals surface area contributed by atoms with Gasteiger partial charge < -0.3 is 14.8 Å². The predicted molar refractivity (Wildman–Crippen MR) is 81.8 cm³/mol. The van der Waals surface area contributed by atoms with Gasteiger partial charge in [0.15, 0.2) is 18.2 Å². The van der Waals surface area contributed by atoms with E-state index in [2.05, 4.69) is 5.32 Å². The summed E-state index contributed by atoms with van der Waals surface area (Å²) >= 11 is 5.73. The van der Waals surface area contributed by atoms with Gasteiger partial charge in [-0.2, -0.15) is 0 Å². The van der Waals surface area contributed by atoms with Gasteiger partial charge in [0.2, 0.25) is 0 Å². The van der Waals surface area contributed by atoms with Crippen molar-refractivity contribution in [1.82, 2.24) is 5.32 Å². The zero-order chi connectivity index (χ0) is 16.7. The first-order chi connectivity index (χ1) is 11.0. The highest BCUT2D eigenvalue weighted by Crippen LogP contribution is 2.16. The van der Waals surface area contributed by atoms with Crippen molar-refractivity contribution in [3.05, 3.63) is 59.1 Å². The molecular weight excluding hydrogens is 328 g/mol. The van der Waals surface area contributed by atoms with Crippen LogP contribution in [0.3, 0.4) is 0 Å². The lowest BCUT2D eigenvalue weighted by molar-refractivity contribution is -0.123. The molecule has 2 aromatic carbocycles. The molecule has 0 radical (unpaired) electrons. The van der Waals surface area contributed by atoms with Crippen LogP contribution in [0.5, 0.6) is 11.5 Å². The SMILES string of the molecule is O=C(COc1ccc(Cl)cc1)NCCOc1ccc(F)c(F)c1. The average molecular weight is 342 g/mol. The van der Waals surface area contributed by atoms with Crippen LogP contribution in [0.15, 0.2) is 42.5 Å². The zero-order valence-electron chi connectivity index (χ0n) is 12.0. The van der Waals surface area contributed by atoms with E-state index in [0.717, 1.165) is 12.1 Å². The molecule has 0 aliphatic heterocycles. The van der Waals surface area contributed by atoms with Gasteiger partial charge in [-0.05, 0) is 36.4 Å². The molecule has 1 N–H and O–H groups in total. The molecule has 23 heavy (non-hydrogen) atoms. The normalized spacial score (nSPS) is 10.2. The van der Waals surface area contributed by atoms with Gasteiger partial charge in [-0.1, -0.05) is 11.6 Å². The number of hydrogen-bond acceptors (Lipinski definition) is 3. The number of hydrogen-bond donors (Lipinski definition) is 1. The minimum atomic E-state index is -0.983. The largest absolute Gasteiger partial charge is 0.492 e. The molecule has 0 saturated carbocycles. The summed E-state index contributed by atoms with van der Waals surface area (Å²) in [6.07, 6.45) is 0. The Balaban J connectivity index is 1.64. The van der Waals surface area contributed by atoms with Crippen molar-refractivity contribution in [3.8, 4) is 11.5 Å². The minimum absolute atomic E-state index is 0.123. The summed E-state index contributed by atoms with van der Waals surface area (Å²) in [7, 11) is 0. The molecule has 0 atom stereocenters. The van der Waals surface area contributed by atoms with Crippen LogP contribution in [-0.2, 0) is 4.79 Å². The van der Waals surface area contributed by atoms with Gasteiger partial charge in [0.05, 0.1) is 6.54 Å². The fourth-order valence-electron chi connectivity index (χ4n) is 1.66. The van der Waals surface area contributed by atoms with E-state index in [1.54, 1.807) is 24.3 Å². The number of amides is 1. The van der Waals surface area contributed by atoms with E-state index in [0.29, 0.717) is 10.8 Å². The molecule has 0 aliphatic rings. The van der Waals surface area contributed by atoms with Gasteiger partial charge in [0.1, 0.15) is 18.1 Å². The summed E-state index contributed by atoms with van der Waals surface area (Å²) < 4.78 is 36.1. The van der Waals surface area contributed by atoms with Crippen LogP contribution in [-0.4, -0.2) is 25.7 Å². The monoisotopic (exact) mass is 341 g/mol. The molecule has 0 unspecified atom stereocenters. The van der Waals surface area contributed by atoms with E-state index in [1.165, 1.54) is 6.07 Å². The van der Waals surface area contributed by atoms with Crippen molar-refractivity contribution in [2.45, 2.75) is 0 Å². The molecule has 1 amide bonds. The van der Waals surface area contributed by atoms with Gasteiger partial charge in [0, 0.05) is 11.1 Å². The standard InChI is InChI=1S/C16H14ClF2NO3/c17-11-1-3-12(4-2-11)23-10-16(21)20-7-8-22-13-5-6-14(18)15(19)9-13/h1-6,9H,7-8,10H2,(H,20,21). The van der Waals surface area contributed by atoms with Crippen molar-refractivity contribution < 1.29 is 23.0 Å². The van der Waals surface area contributed by atoms with E-state index in [-0.39, 0.29) is 31.4 Å². The number of nitrogens with one attached hydrogen (secondary N) is 1. The highest BCUT2D eigenvalue weighted by Gasteiger charge is 2.05. The van der Waals surface area contributed by atoms with Crippen LogP contribution < -0.4 is 14.8 Å². The molecule has 0 saturated heterocycles. The van der Waals surface area contributed by atoms with E-state index in [1.807, 2.05) is 0 Å². The van der Waals surface area contributed by atoms with Crippen LogP contribution in [0.2, 0.25) is 5.02 Å². The Morgan fingerprint density at radius 3 is 2.39 bits per heavy atom. The molecule has 0 aromatic heterocycles. The molecule has 7 heteroatoms. The van der Waals surface area contributed by atoms with Gasteiger partial charge >= 0.3 is 0 Å². The Hall–Kier alpha value is -2.34. The Bertz CT molecular complexity index is 665. The highest BCUT2D eigenvalue weighted by atomic mass is 35.5. The van der Waals surface area contributed by atoms with Crippen molar-refractivity contribution in [3.63, 3.8) is 0 Å². The van der Waals surface area contributed by atoms with E-state index >= 15 is 0 Å². The van der Waals surface area contributed by atoms with Crippen LogP contribution in [0, 0.1) is 11.6 Å². The van der Waals surface area contributed by atoms with Crippen LogP contribution >= 0.6 is 11.6 Å². The highest BCUT2D eigenvalue weighted by molar-refractivity contribution is 6.30. The first-order valence-corrected chi connectivity index (χ1v) is 7.15. The van der Waals surface area contributed by atoms with E-state index in [4.69, 9.17) is 21.1 Å². The third-order valence-corrected chi connectivity index (χ3v) is 3.02. The van der Waals surface area contributed by atoms with Gasteiger partial charge in [-0.25, -0.2) is 8.78 Å². The lowest BCUT2D eigenvalue weighted by Crippen LogP contribution is -2.32. The third kappa shape index (κ3) is 5.75. The van der Waals surface area contributed by atoms with Crippen molar-refractivity contribution >= 4 is 17.5 Å². The second kappa shape index (κ2) is 8.33. The number of rotatable bonds is 7. The molecule has 4 nitrogen and oxygen atoms in total. The second-order valence-electron chi connectivity index (χ2n) is 4.52. The smallest absolute Gasteiger partial charge is 0.258 e. The molecule has 0 aliphatic carbocycles. The molecular formula is C16H14ClF2NO3. The summed E-state index contributed by atoms with van der Waals surface area (Å²) in [5.74, 6) is -1.53. The number of ether oxygens (including phenoxy) is 2. The average Bonchev–Trinajstić information content (AvgIpc) is 2.54. The quantitative estimate of drug-likeness (QED) is 0.787. The fraction of sp³-hybridized carbons (Fsp3) is 0.188. The van der Waals surface area contributed by atoms with Crippen molar-refractivity contribution in [1.29, 1.82) is 0 Å². The zero-order valence-corrected chi connectivity index (χ0v) is 12.8. The Morgan fingerprint density at radius 1 is 1.00 bits per heavy atom. The van der Waals surface area contributed by atoms with E-state index in [9.17, 15) is 13.6 Å². The van der Waals surface area contributed by atoms with Crippen LogP contribution in [0.25, 0.3) is 0 Å². The van der Waals surface area contributed by atoms with Crippen molar-refractivity contribution in [2.75, 3.05) is 19.8 Å². The Morgan fingerprint density at radius 2 is 1.70 bits per heavy atom. The first kappa shape index (κ1) is 17.0. The van der Waals surface area contributed by atoms with Gasteiger partial charge in [0.25, 0.3) is 5.91 Å². The molecule has 0 heterocycles. The molecule has 122 valence electrons. The summed E-state index contributed by atoms with van der Waals surface area (Å²) in [5.41, 5.74) is 0. The summed E-state index contributed by atoms with van der Waals surface area (Å²) in [5, 5.41) is 3.16. The fourth-order valence-corrected chi connectivity index (χ4v) is 1.78. The number of carbonyl (C=O) groups is 1. The molecule has 0 fully saturated rings. The topological polar surface area (TPSA) is 47.6 Å². The Labute approximate surface area is 137 Å². The summed E-state index contributed by atoms with van der Waals surface area (Å²) in [4.78, 5) is 11.6. The number of carbonyl (C=O) groups excluding carboxylic acids is 1. The van der Waals surface area contributed by atoms with Gasteiger partial charge in [-0.3, -0.25) is 4.79 Å². The van der Waals surface area contributed by atoms with E-state index < -0.39 is 11.6 Å². The minimum Gasteiger partial charge on any atom is -0.492 e. The maximum Gasteiger partial charge on any atom is 0.258 e. The third-order valence-electron chi connectivity index (χ3n) is 2.77. The van der Waals surface area contributed by atoms with Crippen LogP contribution in [0.1, 0.15) is 0 Å². The molecule has 2 rings (SSSR count). The summed E-state index contributed by atoms with van der Waals surface area (Å²) in [6.45, 7) is 0.187. The second-order valence-corrected chi connectivity index (χ2v) is 4.95. The number of halogens is 3. The first-order valence-electron chi connectivity index (χ1n) is 6.77. The number of benzene rings is 2. The maximum atomic E-state index is 13.0. The van der Waals surface area contributed by atoms with Crippen molar-refractivity contribution in [2.24, 2.45) is 0 Å².